The highest BCUT2D eigenvalue weighted by Crippen LogP contribution is 2.30. The van der Waals surface area contributed by atoms with Crippen molar-refractivity contribution in [2.75, 3.05) is 0 Å². The Hall–Kier alpha value is -1.55. The predicted octanol–water partition coefficient (Wildman–Crippen LogP) is 2.84. The van der Waals surface area contributed by atoms with Gasteiger partial charge in [0.1, 0.15) is 0 Å². The lowest BCUT2D eigenvalue weighted by atomic mass is 9.83. The third kappa shape index (κ3) is 3.51. The SMILES string of the molecule is CC(NC(=O)C(C)(C)c1ccccc1Cl)C(C)C(=O)O. The molecule has 1 rings (SSSR count). The molecule has 0 radical (unpaired) electrons. The minimum atomic E-state index is -0.937. The molecule has 5 heteroatoms. The molecule has 20 heavy (non-hydrogen) atoms. The molecule has 2 atom stereocenters. The summed E-state index contributed by atoms with van der Waals surface area (Å²) in [5.74, 6) is -1.83. The summed E-state index contributed by atoms with van der Waals surface area (Å²) >= 11 is 6.13. The van der Waals surface area contributed by atoms with E-state index in [1.165, 1.54) is 0 Å². The first-order valence-electron chi connectivity index (χ1n) is 6.46. The van der Waals surface area contributed by atoms with E-state index < -0.39 is 23.3 Å². The van der Waals surface area contributed by atoms with Gasteiger partial charge in [-0.2, -0.15) is 0 Å². The Balaban J connectivity index is 2.91. The van der Waals surface area contributed by atoms with Crippen LogP contribution >= 0.6 is 11.6 Å². The Bertz CT molecular complexity index is 514. The molecule has 0 aliphatic rings. The van der Waals surface area contributed by atoms with Gasteiger partial charge in [-0.15, -0.1) is 0 Å². The van der Waals surface area contributed by atoms with Crippen LogP contribution in [0.3, 0.4) is 0 Å². The van der Waals surface area contributed by atoms with Crippen LogP contribution in [0.15, 0.2) is 24.3 Å². The highest BCUT2D eigenvalue weighted by molar-refractivity contribution is 6.31. The summed E-state index contributed by atoms with van der Waals surface area (Å²) in [6.45, 7) is 6.78. The molecule has 0 spiro atoms. The molecular formula is C15H20ClNO3. The van der Waals surface area contributed by atoms with Gasteiger partial charge in [-0.3, -0.25) is 9.59 Å². The Morgan fingerprint density at radius 2 is 1.80 bits per heavy atom. The minimum Gasteiger partial charge on any atom is -0.481 e. The van der Waals surface area contributed by atoms with Crippen LogP contribution in [0.1, 0.15) is 33.3 Å². The van der Waals surface area contributed by atoms with Crippen molar-refractivity contribution in [2.45, 2.75) is 39.2 Å². The lowest BCUT2D eigenvalue weighted by molar-refractivity contribution is -0.142. The number of carboxylic acids is 1. The van der Waals surface area contributed by atoms with Gasteiger partial charge in [0.05, 0.1) is 11.3 Å². The topological polar surface area (TPSA) is 66.4 Å². The van der Waals surface area contributed by atoms with Crippen molar-refractivity contribution >= 4 is 23.5 Å². The van der Waals surface area contributed by atoms with Crippen LogP contribution in [0, 0.1) is 5.92 Å². The molecule has 0 saturated heterocycles. The second kappa shape index (κ2) is 6.27. The molecular weight excluding hydrogens is 278 g/mol. The number of benzene rings is 1. The molecule has 1 amide bonds. The van der Waals surface area contributed by atoms with Crippen LogP contribution in [0.25, 0.3) is 0 Å². The molecule has 0 fully saturated rings. The first kappa shape index (κ1) is 16.5. The van der Waals surface area contributed by atoms with Crippen LogP contribution in [-0.2, 0) is 15.0 Å². The summed E-state index contributed by atoms with van der Waals surface area (Å²) in [6, 6.07) is 6.69. The van der Waals surface area contributed by atoms with Gasteiger partial charge in [-0.05, 0) is 39.3 Å². The molecule has 4 nitrogen and oxygen atoms in total. The Labute approximate surface area is 124 Å². The van der Waals surface area contributed by atoms with E-state index in [2.05, 4.69) is 5.32 Å². The number of carbonyl (C=O) groups excluding carboxylic acids is 1. The van der Waals surface area contributed by atoms with Crippen LogP contribution in [0.2, 0.25) is 5.02 Å². The number of aliphatic carboxylic acids is 1. The molecule has 2 unspecified atom stereocenters. The number of amides is 1. The van der Waals surface area contributed by atoms with Gasteiger partial charge in [-0.1, -0.05) is 29.8 Å². The van der Waals surface area contributed by atoms with E-state index in [0.717, 1.165) is 0 Å². The molecule has 0 aliphatic heterocycles. The molecule has 0 saturated carbocycles. The summed E-state index contributed by atoms with van der Waals surface area (Å²) in [4.78, 5) is 23.3. The smallest absolute Gasteiger partial charge is 0.308 e. The lowest BCUT2D eigenvalue weighted by Gasteiger charge is -2.28. The first-order valence-corrected chi connectivity index (χ1v) is 6.84. The van der Waals surface area contributed by atoms with Crippen molar-refractivity contribution in [2.24, 2.45) is 5.92 Å². The van der Waals surface area contributed by atoms with E-state index >= 15 is 0 Å². The highest BCUT2D eigenvalue weighted by Gasteiger charge is 2.33. The van der Waals surface area contributed by atoms with E-state index in [4.69, 9.17) is 16.7 Å². The van der Waals surface area contributed by atoms with E-state index in [0.29, 0.717) is 10.6 Å². The molecule has 2 N–H and O–H groups in total. The fourth-order valence-electron chi connectivity index (χ4n) is 1.82. The van der Waals surface area contributed by atoms with Crippen LogP contribution in [0.4, 0.5) is 0 Å². The zero-order chi connectivity index (χ0) is 15.5. The van der Waals surface area contributed by atoms with Crippen LogP contribution in [0.5, 0.6) is 0 Å². The minimum absolute atomic E-state index is 0.244. The Morgan fingerprint density at radius 3 is 2.30 bits per heavy atom. The maximum Gasteiger partial charge on any atom is 0.308 e. The second-order valence-electron chi connectivity index (χ2n) is 5.49. The number of halogens is 1. The van der Waals surface area contributed by atoms with E-state index in [1.807, 2.05) is 6.07 Å². The largest absolute Gasteiger partial charge is 0.481 e. The molecule has 0 aliphatic carbocycles. The van der Waals surface area contributed by atoms with Crippen molar-refractivity contribution in [3.63, 3.8) is 0 Å². The number of rotatable bonds is 5. The molecule has 0 heterocycles. The van der Waals surface area contributed by atoms with Gasteiger partial charge >= 0.3 is 5.97 Å². The summed E-state index contributed by atoms with van der Waals surface area (Å²) < 4.78 is 0. The standard InChI is InChI=1S/C15H20ClNO3/c1-9(13(18)19)10(2)17-14(20)15(3,4)11-7-5-6-8-12(11)16/h5-10H,1-4H3,(H,17,20)(H,18,19). The molecule has 1 aromatic carbocycles. The van der Waals surface area contributed by atoms with Gasteiger partial charge < -0.3 is 10.4 Å². The van der Waals surface area contributed by atoms with Crippen LogP contribution < -0.4 is 5.32 Å². The fourth-order valence-corrected chi connectivity index (χ4v) is 2.19. The van der Waals surface area contributed by atoms with Gasteiger partial charge in [0, 0.05) is 11.1 Å². The Morgan fingerprint density at radius 1 is 1.25 bits per heavy atom. The molecule has 110 valence electrons. The average Bonchev–Trinajstić information content (AvgIpc) is 2.37. The zero-order valence-electron chi connectivity index (χ0n) is 12.1. The molecule has 0 aromatic heterocycles. The van der Waals surface area contributed by atoms with Crippen LogP contribution in [-0.4, -0.2) is 23.0 Å². The lowest BCUT2D eigenvalue weighted by Crippen LogP contribution is -2.47. The average molecular weight is 298 g/mol. The number of carbonyl (C=O) groups is 2. The summed E-state index contributed by atoms with van der Waals surface area (Å²) in [7, 11) is 0. The predicted molar refractivity (Wildman–Crippen MR) is 78.9 cm³/mol. The fraction of sp³-hybridized carbons (Fsp3) is 0.467. The maximum absolute atomic E-state index is 12.4. The van der Waals surface area contributed by atoms with Crippen molar-refractivity contribution in [3.05, 3.63) is 34.9 Å². The summed E-state index contributed by atoms with van der Waals surface area (Å²) in [6.07, 6.45) is 0. The summed E-state index contributed by atoms with van der Waals surface area (Å²) in [5.41, 5.74) is -0.112. The second-order valence-corrected chi connectivity index (χ2v) is 5.90. The van der Waals surface area contributed by atoms with Crippen molar-refractivity contribution in [1.82, 2.24) is 5.32 Å². The number of nitrogens with one attached hydrogen (secondary N) is 1. The normalized spacial score (nSPS) is 14.4. The number of hydrogen-bond donors (Lipinski definition) is 2. The van der Waals surface area contributed by atoms with E-state index in [1.54, 1.807) is 45.9 Å². The first-order chi connectivity index (χ1) is 9.17. The third-order valence-corrected chi connectivity index (χ3v) is 3.94. The zero-order valence-corrected chi connectivity index (χ0v) is 12.9. The third-order valence-electron chi connectivity index (χ3n) is 3.61. The van der Waals surface area contributed by atoms with Crippen molar-refractivity contribution in [3.8, 4) is 0 Å². The molecule has 1 aromatic rings. The van der Waals surface area contributed by atoms with Gasteiger partial charge in [0.2, 0.25) is 5.91 Å². The summed E-state index contributed by atoms with van der Waals surface area (Å²) in [5, 5.41) is 12.2. The Kier molecular flexibility index (Phi) is 5.17. The maximum atomic E-state index is 12.4. The molecule has 0 bridgehead atoms. The quantitative estimate of drug-likeness (QED) is 0.878. The van der Waals surface area contributed by atoms with Gasteiger partial charge in [-0.25, -0.2) is 0 Å². The van der Waals surface area contributed by atoms with Gasteiger partial charge in [0.25, 0.3) is 0 Å². The number of hydrogen-bond acceptors (Lipinski definition) is 2. The van der Waals surface area contributed by atoms with Crippen molar-refractivity contribution in [1.29, 1.82) is 0 Å². The highest BCUT2D eigenvalue weighted by atomic mass is 35.5. The monoisotopic (exact) mass is 297 g/mol. The van der Waals surface area contributed by atoms with E-state index in [9.17, 15) is 9.59 Å². The van der Waals surface area contributed by atoms with Gasteiger partial charge in [0.15, 0.2) is 0 Å². The van der Waals surface area contributed by atoms with E-state index in [-0.39, 0.29) is 5.91 Å². The number of carboxylic acid groups (broad SMARTS) is 1. The van der Waals surface area contributed by atoms with Crippen molar-refractivity contribution < 1.29 is 14.7 Å².